The van der Waals surface area contributed by atoms with Crippen LogP contribution in [0, 0.1) is 0 Å². The molecular weight excluding hydrogens is 268 g/mol. The van der Waals surface area contributed by atoms with Crippen LogP contribution in [0.25, 0.3) is 11.1 Å². The van der Waals surface area contributed by atoms with Gasteiger partial charge in [-0.1, -0.05) is 19.1 Å². The summed E-state index contributed by atoms with van der Waals surface area (Å²) in [5.74, 6) is 2.30. The topological polar surface area (TPSA) is 71.4 Å². The third-order valence-electron chi connectivity index (χ3n) is 3.35. The number of para-hydroxylation sites is 2. The number of rotatable bonds is 6. The summed E-state index contributed by atoms with van der Waals surface area (Å²) in [5.41, 5.74) is 1.70. The Balaban J connectivity index is 1.57. The molecule has 0 aliphatic heterocycles. The lowest BCUT2D eigenvalue weighted by Gasteiger charge is -2.07. The molecule has 3 rings (SSSR count). The van der Waals surface area contributed by atoms with E-state index in [0.717, 1.165) is 29.3 Å². The largest absolute Gasteiger partial charge is 0.462 e. The lowest BCUT2D eigenvalue weighted by atomic mass is 10.2. The number of fused-ring (bicyclic) bond motifs is 1. The summed E-state index contributed by atoms with van der Waals surface area (Å²) in [5, 5.41) is 12.3. The van der Waals surface area contributed by atoms with Gasteiger partial charge in [-0.15, -0.1) is 0 Å². The van der Waals surface area contributed by atoms with Crippen LogP contribution in [-0.2, 0) is 13.2 Å². The quantitative estimate of drug-likeness (QED) is 0.729. The van der Waals surface area contributed by atoms with Crippen molar-refractivity contribution in [2.75, 3.05) is 6.54 Å². The van der Waals surface area contributed by atoms with Crippen molar-refractivity contribution in [3.05, 3.63) is 53.8 Å². The zero-order chi connectivity index (χ0) is 14.7. The third-order valence-corrected chi connectivity index (χ3v) is 3.35. The predicted octanol–water partition coefficient (Wildman–Crippen LogP) is 2.81. The average Bonchev–Trinajstić information content (AvgIpc) is 3.13. The van der Waals surface area contributed by atoms with E-state index in [2.05, 4.69) is 17.2 Å². The lowest BCUT2D eigenvalue weighted by Crippen LogP contribution is -2.19. The van der Waals surface area contributed by atoms with E-state index < -0.39 is 0 Å². The molecule has 21 heavy (non-hydrogen) atoms. The highest BCUT2D eigenvalue weighted by molar-refractivity contribution is 5.72. The number of nitrogens with zero attached hydrogens (tertiary/aromatic N) is 1. The lowest BCUT2D eigenvalue weighted by molar-refractivity contribution is 0.242. The van der Waals surface area contributed by atoms with E-state index >= 15 is 0 Å². The maximum atomic E-state index is 8.95. The fourth-order valence-corrected chi connectivity index (χ4v) is 2.20. The molecule has 0 saturated heterocycles. The monoisotopic (exact) mass is 286 g/mol. The number of aliphatic hydroxyl groups is 1. The highest BCUT2D eigenvalue weighted by Crippen LogP contribution is 2.20. The number of oxazole rings is 1. The Kier molecular flexibility index (Phi) is 4.03. The summed E-state index contributed by atoms with van der Waals surface area (Å²) in [6, 6.07) is 11.4. The Morgan fingerprint density at radius 3 is 2.71 bits per heavy atom. The second kappa shape index (κ2) is 6.11. The molecule has 2 aromatic heterocycles. The van der Waals surface area contributed by atoms with Crippen molar-refractivity contribution >= 4 is 11.1 Å². The van der Waals surface area contributed by atoms with Crippen molar-refractivity contribution in [2.45, 2.75) is 26.0 Å². The zero-order valence-corrected chi connectivity index (χ0v) is 11.9. The second-order valence-electron chi connectivity index (χ2n) is 5.08. The van der Waals surface area contributed by atoms with Crippen LogP contribution in [0.3, 0.4) is 0 Å². The molecule has 0 aliphatic carbocycles. The predicted molar refractivity (Wildman–Crippen MR) is 78.8 cm³/mol. The minimum atomic E-state index is -0.0701. The number of nitrogens with one attached hydrogen (secondary N) is 1. The average molecular weight is 286 g/mol. The highest BCUT2D eigenvalue weighted by Gasteiger charge is 2.13. The SMILES string of the molecule is CC(CNCc1ccc(CO)o1)c1nc2ccccc2o1. The van der Waals surface area contributed by atoms with Crippen molar-refractivity contribution in [1.29, 1.82) is 0 Å². The Morgan fingerprint density at radius 2 is 1.95 bits per heavy atom. The number of hydrogen-bond donors (Lipinski definition) is 2. The summed E-state index contributed by atoms with van der Waals surface area (Å²) in [4.78, 5) is 4.49. The molecule has 2 heterocycles. The van der Waals surface area contributed by atoms with Crippen molar-refractivity contribution in [2.24, 2.45) is 0 Å². The van der Waals surface area contributed by atoms with Gasteiger partial charge in [0.25, 0.3) is 0 Å². The van der Waals surface area contributed by atoms with Crippen molar-refractivity contribution in [3.63, 3.8) is 0 Å². The van der Waals surface area contributed by atoms with Crippen LogP contribution in [0.5, 0.6) is 0 Å². The molecular formula is C16H18N2O3. The van der Waals surface area contributed by atoms with Gasteiger partial charge in [-0.05, 0) is 24.3 Å². The molecule has 0 saturated carbocycles. The van der Waals surface area contributed by atoms with E-state index in [4.69, 9.17) is 13.9 Å². The van der Waals surface area contributed by atoms with Gasteiger partial charge in [-0.25, -0.2) is 4.98 Å². The van der Waals surface area contributed by atoms with Crippen LogP contribution >= 0.6 is 0 Å². The van der Waals surface area contributed by atoms with E-state index in [1.54, 1.807) is 6.07 Å². The van der Waals surface area contributed by atoms with Crippen LogP contribution in [-0.4, -0.2) is 16.6 Å². The van der Waals surface area contributed by atoms with Gasteiger partial charge in [0, 0.05) is 12.5 Å². The number of hydrogen-bond acceptors (Lipinski definition) is 5. The second-order valence-corrected chi connectivity index (χ2v) is 5.08. The van der Waals surface area contributed by atoms with Gasteiger partial charge in [-0.3, -0.25) is 0 Å². The molecule has 110 valence electrons. The molecule has 1 unspecified atom stereocenters. The van der Waals surface area contributed by atoms with Gasteiger partial charge in [0.2, 0.25) is 0 Å². The summed E-state index contributed by atoms with van der Waals surface area (Å²) in [7, 11) is 0. The van der Waals surface area contributed by atoms with E-state index in [1.807, 2.05) is 30.3 Å². The smallest absolute Gasteiger partial charge is 0.199 e. The van der Waals surface area contributed by atoms with Crippen LogP contribution in [0.15, 0.2) is 45.2 Å². The maximum Gasteiger partial charge on any atom is 0.199 e. The van der Waals surface area contributed by atoms with E-state index in [1.165, 1.54) is 0 Å². The van der Waals surface area contributed by atoms with Gasteiger partial charge in [0.1, 0.15) is 23.6 Å². The molecule has 0 amide bonds. The standard InChI is InChI=1S/C16H18N2O3/c1-11(8-17-9-12-6-7-13(10-19)20-12)16-18-14-4-2-3-5-15(14)21-16/h2-7,11,17,19H,8-10H2,1H3. The van der Waals surface area contributed by atoms with E-state index in [0.29, 0.717) is 12.3 Å². The number of benzene rings is 1. The van der Waals surface area contributed by atoms with Crippen LogP contribution in [0.2, 0.25) is 0 Å². The zero-order valence-electron chi connectivity index (χ0n) is 11.9. The molecule has 5 heteroatoms. The minimum Gasteiger partial charge on any atom is -0.462 e. The molecule has 3 aromatic rings. The molecule has 0 radical (unpaired) electrons. The van der Waals surface area contributed by atoms with E-state index in [9.17, 15) is 0 Å². The molecule has 0 bridgehead atoms. The highest BCUT2D eigenvalue weighted by atomic mass is 16.4. The fraction of sp³-hybridized carbons (Fsp3) is 0.312. The van der Waals surface area contributed by atoms with Crippen LogP contribution in [0.1, 0.15) is 30.3 Å². The first-order valence-electron chi connectivity index (χ1n) is 7.01. The van der Waals surface area contributed by atoms with Gasteiger partial charge in [-0.2, -0.15) is 0 Å². The Labute approximate surface area is 122 Å². The molecule has 5 nitrogen and oxygen atoms in total. The summed E-state index contributed by atoms with van der Waals surface area (Å²) >= 11 is 0. The minimum absolute atomic E-state index is 0.0701. The van der Waals surface area contributed by atoms with E-state index in [-0.39, 0.29) is 12.5 Å². The first kappa shape index (κ1) is 13.9. The molecule has 0 fully saturated rings. The number of furan rings is 1. The molecule has 0 spiro atoms. The van der Waals surface area contributed by atoms with Gasteiger partial charge in [0.15, 0.2) is 11.5 Å². The number of aliphatic hydroxyl groups excluding tert-OH is 1. The van der Waals surface area contributed by atoms with Gasteiger partial charge < -0.3 is 19.3 Å². The maximum absolute atomic E-state index is 8.95. The van der Waals surface area contributed by atoms with Gasteiger partial charge in [0.05, 0.1) is 6.54 Å². The summed E-state index contributed by atoms with van der Waals surface area (Å²) in [6.07, 6.45) is 0. The Hall–Kier alpha value is -2.11. The first-order chi connectivity index (χ1) is 10.3. The first-order valence-corrected chi connectivity index (χ1v) is 7.01. The van der Waals surface area contributed by atoms with Crippen LogP contribution < -0.4 is 5.32 Å². The Morgan fingerprint density at radius 1 is 1.14 bits per heavy atom. The normalized spacial score (nSPS) is 12.9. The third kappa shape index (κ3) is 3.15. The summed E-state index contributed by atoms with van der Waals surface area (Å²) < 4.78 is 11.2. The molecule has 0 aliphatic rings. The molecule has 1 aromatic carbocycles. The molecule has 1 atom stereocenters. The molecule has 2 N–H and O–H groups in total. The number of aromatic nitrogens is 1. The summed E-state index contributed by atoms with van der Waals surface area (Å²) in [6.45, 7) is 3.35. The van der Waals surface area contributed by atoms with Crippen molar-refractivity contribution in [3.8, 4) is 0 Å². The Bertz CT molecular complexity index is 684. The van der Waals surface area contributed by atoms with Gasteiger partial charge >= 0.3 is 0 Å². The van der Waals surface area contributed by atoms with Crippen molar-refractivity contribution in [1.82, 2.24) is 10.3 Å². The van der Waals surface area contributed by atoms with Crippen molar-refractivity contribution < 1.29 is 13.9 Å². The fourth-order valence-electron chi connectivity index (χ4n) is 2.20. The van der Waals surface area contributed by atoms with Crippen LogP contribution in [0.4, 0.5) is 0 Å².